The lowest BCUT2D eigenvalue weighted by Gasteiger charge is -2.29. The second-order valence-corrected chi connectivity index (χ2v) is 8.77. The summed E-state index contributed by atoms with van der Waals surface area (Å²) in [6.07, 6.45) is 2.61. The van der Waals surface area contributed by atoms with Crippen LogP contribution in [0.1, 0.15) is 45.7 Å². The van der Waals surface area contributed by atoms with E-state index in [1.54, 1.807) is 4.90 Å². The normalized spacial score (nSPS) is 14.8. The molecule has 8 heteroatoms. The topological polar surface area (TPSA) is 82.2 Å². The Morgan fingerprint density at radius 2 is 2.00 bits per heavy atom. The standard InChI is InChI=1S/C23H22Cl2N4O2/c1-13-7-14(11-26)8-20-17(13)9-15(28(20)2)10-18-19(24)12-27-22(21(18)25)23(31)29-5-3-16(30)4-6-29/h7-9,12,16,30H,3-6,10H2,1-2H3. The fraction of sp³-hybridized carbons (Fsp3) is 0.348. The van der Waals surface area contributed by atoms with Gasteiger partial charge in [-0.05, 0) is 49.1 Å². The predicted molar refractivity (Wildman–Crippen MR) is 121 cm³/mol. The van der Waals surface area contributed by atoms with Gasteiger partial charge in [-0.2, -0.15) is 5.26 Å². The van der Waals surface area contributed by atoms with E-state index in [1.165, 1.54) is 6.20 Å². The zero-order valence-electron chi connectivity index (χ0n) is 17.3. The third-order valence-corrected chi connectivity index (χ3v) is 6.71. The number of fused-ring (bicyclic) bond motifs is 1. The number of hydrogen-bond donors (Lipinski definition) is 1. The van der Waals surface area contributed by atoms with Crippen molar-refractivity contribution < 1.29 is 9.90 Å². The van der Waals surface area contributed by atoms with Crippen molar-refractivity contribution in [3.63, 3.8) is 0 Å². The molecule has 1 aliphatic rings. The van der Waals surface area contributed by atoms with Crippen LogP contribution < -0.4 is 0 Å². The number of rotatable bonds is 3. The van der Waals surface area contributed by atoms with Gasteiger partial charge in [0.15, 0.2) is 0 Å². The molecule has 0 atom stereocenters. The minimum atomic E-state index is -0.371. The predicted octanol–water partition coefficient (Wildman–Crippen LogP) is 4.25. The molecule has 0 unspecified atom stereocenters. The van der Waals surface area contributed by atoms with Crippen LogP contribution in [0.5, 0.6) is 0 Å². The molecule has 3 aromatic rings. The lowest BCUT2D eigenvalue weighted by Crippen LogP contribution is -2.40. The van der Waals surface area contributed by atoms with Crippen molar-refractivity contribution >= 4 is 40.0 Å². The second kappa shape index (κ2) is 8.51. The van der Waals surface area contributed by atoms with Crippen molar-refractivity contribution in [2.45, 2.75) is 32.3 Å². The van der Waals surface area contributed by atoms with Gasteiger partial charge in [0, 0.05) is 49.4 Å². The van der Waals surface area contributed by atoms with Gasteiger partial charge in [-0.1, -0.05) is 23.2 Å². The summed E-state index contributed by atoms with van der Waals surface area (Å²) >= 11 is 13.1. The van der Waals surface area contributed by atoms with Crippen LogP contribution in [0.3, 0.4) is 0 Å². The Hall–Kier alpha value is -2.59. The van der Waals surface area contributed by atoms with E-state index >= 15 is 0 Å². The zero-order valence-corrected chi connectivity index (χ0v) is 18.8. The largest absolute Gasteiger partial charge is 0.393 e. The summed E-state index contributed by atoms with van der Waals surface area (Å²) in [5, 5.41) is 20.7. The highest BCUT2D eigenvalue weighted by Crippen LogP contribution is 2.32. The van der Waals surface area contributed by atoms with Gasteiger partial charge in [0.2, 0.25) is 0 Å². The third kappa shape index (κ3) is 4.01. The molecule has 1 saturated heterocycles. The smallest absolute Gasteiger partial charge is 0.274 e. The maximum absolute atomic E-state index is 13.0. The number of likely N-dealkylation sites (tertiary alicyclic amines) is 1. The van der Waals surface area contributed by atoms with Gasteiger partial charge in [-0.3, -0.25) is 4.79 Å². The number of aliphatic hydroxyl groups excluding tert-OH is 1. The molecule has 2 aromatic heterocycles. The summed E-state index contributed by atoms with van der Waals surface area (Å²) in [6.45, 7) is 2.92. The number of halogens is 2. The summed E-state index contributed by atoms with van der Waals surface area (Å²) < 4.78 is 2.02. The van der Waals surface area contributed by atoms with Crippen LogP contribution in [0, 0.1) is 18.3 Å². The highest BCUT2D eigenvalue weighted by molar-refractivity contribution is 6.37. The van der Waals surface area contributed by atoms with Crippen LogP contribution in [0.25, 0.3) is 10.9 Å². The van der Waals surface area contributed by atoms with Crippen LogP contribution in [-0.4, -0.2) is 44.7 Å². The Labute approximate surface area is 190 Å². The molecule has 0 aliphatic carbocycles. The molecule has 0 saturated carbocycles. The van der Waals surface area contributed by atoms with E-state index in [9.17, 15) is 15.2 Å². The van der Waals surface area contributed by atoms with Crippen molar-refractivity contribution in [1.82, 2.24) is 14.5 Å². The number of carbonyl (C=O) groups is 1. The number of nitriles is 1. The quantitative estimate of drug-likeness (QED) is 0.638. The summed E-state index contributed by atoms with van der Waals surface area (Å²) in [5.41, 5.74) is 4.36. The number of piperidine rings is 1. The van der Waals surface area contributed by atoms with Gasteiger partial charge < -0.3 is 14.6 Å². The maximum atomic E-state index is 13.0. The number of nitrogens with zero attached hydrogens (tertiary/aromatic N) is 4. The van der Waals surface area contributed by atoms with Crippen molar-refractivity contribution in [2.75, 3.05) is 13.1 Å². The molecular formula is C23H22Cl2N4O2. The summed E-state index contributed by atoms with van der Waals surface area (Å²) in [6, 6.07) is 7.99. The molecule has 160 valence electrons. The fourth-order valence-corrected chi connectivity index (χ4v) is 4.67. The molecule has 1 fully saturated rings. The Morgan fingerprint density at radius 3 is 2.68 bits per heavy atom. The fourth-order valence-electron chi connectivity index (χ4n) is 4.11. The molecule has 31 heavy (non-hydrogen) atoms. The number of benzene rings is 1. The first kappa shape index (κ1) is 21.6. The number of aliphatic hydroxyl groups is 1. The number of pyridine rings is 1. The van der Waals surface area contributed by atoms with Gasteiger partial charge in [0.25, 0.3) is 5.91 Å². The van der Waals surface area contributed by atoms with E-state index in [0.29, 0.717) is 48.5 Å². The molecule has 0 spiro atoms. The van der Waals surface area contributed by atoms with E-state index in [2.05, 4.69) is 17.1 Å². The zero-order chi connectivity index (χ0) is 22.3. The summed E-state index contributed by atoms with van der Waals surface area (Å²) in [4.78, 5) is 18.9. The average molecular weight is 457 g/mol. The van der Waals surface area contributed by atoms with E-state index in [1.807, 2.05) is 30.7 Å². The van der Waals surface area contributed by atoms with Gasteiger partial charge in [-0.15, -0.1) is 0 Å². The van der Waals surface area contributed by atoms with Crippen molar-refractivity contribution in [2.24, 2.45) is 7.05 Å². The van der Waals surface area contributed by atoms with E-state index in [4.69, 9.17) is 23.2 Å². The minimum absolute atomic E-state index is 0.180. The monoisotopic (exact) mass is 456 g/mol. The van der Waals surface area contributed by atoms with Crippen LogP contribution in [0.2, 0.25) is 10.0 Å². The highest BCUT2D eigenvalue weighted by atomic mass is 35.5. The Bertz CT molecular complexity index is 1220. The Kier molecular flexibility index (Phi) is 5.94. The minimum Gasteiger partial charge on any atom is -0.393 e. The van der Waals surface area contributed by atoms with Crippen LogP contribution in [-0.2, 0) is 13.5 Å². The van der Waals surface area contributed by atoms with Crippen molar-refractivity contribution in [3.8, 4) is 6.07 Å². The molecule has 1 amide bonds. The van der Waals surface area contributed by atoms with Gasteiger partial charge in [-0.25, -0.2) is 4.98 Å². The maximum Gasteiger partial charge on any atom is 0.274 e. The first-order valence-corrected chi connectivity index (χ1v) is 10.8. The third-order valence-electron chi connectivity index (χ3n) is 5.98. The summed E-state index contributed by atoms with van der Waals surface area (Å²) in [5.74, 6) is -0.249. The summed E-state index contributed by atoms with van der Waals surface area (Å²) in [7, 11) is 1.94. The Balaban J connectivity index is 1.70. The van der Waals surface area contributed by atoms with Gasteiger partial charge >= 0.3 is 0 Å². The van der Waals surface area contributed by atoms with Crippen LogP contribution in [0.4, 0.5) is 0 Å². The Morgan fingerprint density at radius 1 is 1.29 bits per heavy atom. The van der Waals surface area contributed by atoms with Crippen LogP contribution >= 0.6 is 23.2 Å². The van der Waals surface area contributed by atoms with Gasteiger partial charge in [0.05, 0.1) is 27.8 Å². The number of hydrogen-bond acceptors (Lipinski definition) is 4. The molecule has 4 rings (SSSR count). The molecule has 6 nitrogen and oxygen atoms in total. The second-order valence-electron chi connectivity index (χ2n) is 7.98. The van der Waals surface area contributed by atoms with Crippen LogP contribution in [0.15, 0.2) is 24.4 Å². The SMILES string of the molecule is Cc1cc(C#N)cc2c1cc(Cc1c(Cl)cnc(C(=O)N3CCC(O)CC3)c1Cl)n2C. The van der Waals surface area contributed by atoms with Crippen molar-refractivity contribution in [1.29, 1.82) is 5.26 Å². The lowest BCUT2D eigenvalue weighted by molar-refractivity contribution is 0.0541. The van der Waals surface area contributed by atoms with Crippen molar-refractivity contribution in [3.05, 3.63) is 62.5 Å². The molecule has 1 aliphatic heterocycles. The lowest BCUT2D eigenvalue weighted by atomic mass is 10.1. The molecule has 1 aromatic carbocycles. The number of amides is 1. The first-order chi connectivity index (χ1) is 14.8. The number of carbonyl (C=O) groups excluding carboxylic acids is 1. The van der Waals surface area contributed by atoms with E-state index in [0.717, 1.165) is 22.2 Å². The van der Waals surface area contributed by atoms with E-state index < -0.39 is 0 Å². The molecule has 0 bridgehead atoms. The molecular weight excluding hydrogens is 435 g/mol. The molecule has 3 heterocycles. The number of aromatic nitrogens is 2. The molecule has 0 radical (unpaired) electrons. The first-order valence-electron chi connectivity index (χ1n) is 10.1. The number of aryl methyl sites for hydroxylation is 2. The average Bonchev–Trinajstić information content (AvgIpc) is 3.07. The highest BCUT2D eigenvalue weighted by Gasteiger charge is 2.27. The molecule has 1 N–H and O–H groups in total. The van der Waals surface area contributed by atoms with Gasteiger partial charge in [0.1, 0.15) is 5.69 Å². The van der Waals surface area contributed by atoms with E-state index in [-0.39, 0.29) is 22.7 Å².